The topological polar surface area (TPSA) is 86.9 Å². The van der Waals surface area contributed by atoms with E-state index in [1.165, 1.54) is 0 Å². The van der Waals surface area contributed by atoms with Gasteiger partial charge in [0.15, 0.2) is 5.78 Å². The average Bonchev–Trinajstić information content (AvgIpc) is 3.25. The third kappa shape index (κ3) is 3.07. The van der Waals surface area contributed by atoms with Crippen LogP contribution in [0.4, 0.5) is 0 Å². The van der Waals surface area contributed by atoms with Crippen molar-refractivity contribution < 1.29 is 4.79 Å². The van der Waals surface area contributed by atoms with Crippen molar-refractivity contribution in [2.24, 2.45) is 24.4 Å². The van der Waals surface area contributed by atoms with Gasteiger partial charge in [0.1, 0.15) is 5.82 Å². The van der Waals surface area contributed by atoms with Gasteiger partial charge in [0.2, 0.25) is 0 Å². The lowest BCUT2D eigenvalue weighted by Crippen LogP contribution is -2.45. The summed E-state index contributed by atoms with van der Waals surface area (Å²) in [6.45, 7) is 1.81. The Morgan fingerprint density at radius 3 is 2.48 bits per heavy atom. The SMILES string of the molecule is Cn1c(-c2ccc(C(C)(N)C(=O)[C@@H]3CC[C@H](N)C3)cc2)nc2ccccc21. The zero-order valence-electron chi connectivity index (χ0n) is 15.9. The maximum atomic E-state index is 12.9. The Labute approximate surface area is 159 Å². The van der Waals surface area contributed by atoms with Crippen LogP contribution in [-0.2, 0) is 17.4 Å². The molecule has 4 rings (SSSR count). The van der Waals surface area contributed by atoms with Gasteiger partial charge >= 0.3 is 0 Å². The van der Waals surface area contributed by atoms with Gasteiger partial charge in [0, 0.05) is 24.6 Å². The highest BCUT2D eigenvalue weighted by molar-refractivity contribution is 5.91. The van der Waals surface area contributed by atoms with Gasteiger partial charge in [-0.2, -0.15) is 0 Å². The summed E-state index contributed by atoms with van der Waals surface area (Å²) >= 11 is 0. The van der Waals surface area contributed by atoms with E-state index in [1.54, 1.807) is 0 Å². The third-order valence-electron chi connectivity index (χ3n) is 5.89. The fourth-order valence-corrected chi connectivity index (χ4v) is 4.19. The van der Waals surface area contributed by atoms with Crippen molar-refractivity contribution >= 4 is 16.8 Å². The summed E-state index contributed by atoms with van der Waals surface area (Å²) in [6.07, 6.45) is 2.48. The number of Topliss-reactive ketones (excluding diaryl/α,β-unsaturated/α-hetero) is 1. The van der Waals surface area contributed by atoms with E-state index in [1.807, 2.05) is 56.4 Å². The summed E-state index contributed by atoms with van der Waals surface area (Å²) in [5, 5.41) is 0. The zero-order valence-corrected chi connectivity index (χ0v) is 15.9. The molecule has 0 radical (unpaired) electrons. The molecule has 3 atom stereocenters. The van der Waals surface area contributed by atoms with Crippen molar-refractivity contribution in [1.82, 2.24) is 9.55 Å². The minimum atomic E-state index is -1.00. The van der Waals surface area contributed by atoms with E-state index in [0.29, 0.717) is 0 Å². The standard InChI is InChI=1S/C22H26N4O/c1-22(24,20(27)15-9-12-17(23)13-15)16-10-7-14(8-11-16)21-25-18-5-3-4-6-19(18)26(21)2/h3-8,10-11,15,17H,9,12-13,23-24H2,1-2H3/t15-,17+,22?/m1/s1. The first kappa shape index (κ1) is 17.9. The van der Waals surface area contributed by atoms with E-state index in [0.717, 1.165) is 47.2 Å². The minimum absolute atomic E-state index is 0.0329. The number of hydrogen-bond donors (Lipinski definition) is 2. The summed E-state index contributed by atoms with van der Waals surface area (Å²) in [5.41, 5.74) is 15.3. The normalized spacial score (nSPS) is 22.1. The van der Waals surface area contributed by atoms with Gasteiger partial charge < -0.3 is 16.0 Å². The molecular formula is C22H26N4O. The molecule has 1 unspecified atom stereocenters. The van der Waals surface area contributed by atoms with Gasteiger partial charge in [0.05, 0.1) is 16.6 Å². The lowest BCUT2D eigenvalue weighted by atomic mass is 9.81. The number of benzene rings is 2. The largest absolute Gasteiger partial charge is 0.328 e. The van der Waals surface area contributed by atoms with Crippen molar-refractivity contribution in [1.29, 1.82) is 0 Å². The van der Waals surface area contributed by atoms with Crippen LogP contribution in [0.15, 0.2) is 48.5 Å². The predicted molar refractivity (Wildman–Crippen MR) is 108 cm³/mol. The van der Waals surface area contributed by atoms with Crippen molar-refractivity contribution in [3.8, 4) is 11.4 Å². The van der Waals surface area contributed by atoms with Crippen LogP contribution in [0.5, 0.6) is 0 Å². The Balaban J connectivity index is 1.63. The number of fused-ring (bicyclic) bond motifs is 1. The van der Waals surface area contributed by atoms with Gasteiger partial charge in [-0.25, -0.2) is 4.98 Å². The molecule has 140 valence electrons. The molecule has 1 heterocycles. The molecular weight excluding hydrogens is 336 g/mol. The molecule has 3 aromatic rings. The molecule has 0 saturated heterocycles. The summed E-state index contributed by atoms with van der Waals surface area (Å²) in [5.74, 6) is 0.954. The van der Waals surface area contributed by atoms with Crippen molar-refractivity contribution in [3.63, 3.8) is 0 Å². The molecule has 1 aliphatic carbocycles. The molecule has 0 amide bonds. The first-order valence-corrected chi connectivity index (χ1v) is 9.49. The molecule has 4 N–H and O–H groups in total. The monoisotopic (exact) mass is 362 g/mol. The number of rotatable bonds is 4. The molecule has 1 saturated carbocycles. The van der Waals surface area contributed by atoms with Gasteiger partial charge in [-0.1, -0.05) is 36.4 Å². The van der Waals surface area contributed by atoms with E-state index in [-0.39, 0.29) is 17.7 Å². The summed E-state index contributed by atoms with van der Waals surface area (Å²) in [4.78, 5) is 17.7. The number of carbonyl (C=O) groups excluding carboxylic acids is 1. The third-order valence-corrected chi connectivity index (χ3v) is 5.89. The highest BCUT2D eigenvalue weighted by Gasteiger charge is 2.38. The summed E-state index contributed by atoms with van der Waals surface area (Å²) in [7, 11) is 2.01. The van der Waals surface area contributed by atoms with E-state index < -0.39 is 5.54 Å². The molecule has 1 fully saturated rings. The second-order valence-electron chi connectivity index (χ2n) is 7.90. The van der Waals surface area contributed by atoms with Gasteiger partial charge in [0.25, 0.3) is 0 Å². The predicted octanol–water partition coefficient (Wildman–Crippen LogP) is 3.11. The number of imidazole rings is 1. The van der Waals surface area contributed by atoms with Crippen molar-refractivity contribution in [2.45, 2.75) is 37.8 Å². The second kappa shape index (κ2) is 6.59. The smallest absolute Gasteiger partial charge is 0.160 e. The average molecular weight is 362 g/mol. The molecule has 2 aromatic carbocycles. The maximum absolute atomic E-state index is 12.9. The zero-order chi connectivity index (χ0) is 19.2. The van der Waals surface area contributed by atoms with Crippen LogP contribution in [0, 0.1) is 5.92 Å². The second-order valence-corrected chi connectivity index (χ2v) is 7.90. The number of carbonyl (C=O) groups is 1. The maximum Gasteiger partial charge on any atom is 0.160 e. The van der Waals surface area contributed by atoms with Crippen LogP contribution < -0.4 is 11.5 Å². The van der Waals surface area contributed by atoms with Crippen molar-refractivity contribution in [3.05, 3.63) is 54.1 Å². The van der Waals surface area contributed by atoms with Crippen molar-refractivity contribution in [2.75, 3.05) is 0 Å². The van der Waals surface area contributed by atoms with Crippen LogP contribution in [-0.4, -0.2) is 21.4 Å². The number of hydrogen-bond acceptors (Lipinski definition) is 4. The first-order chi connectivity index (χ1) is 12.9. The molecule has 0 aliphatic heterocycles. The highest BCUT2D eigenvalue weighted by atomic mass is 16.1. The number of aryl methyl sites for hydroxylation is 1. The number of para-hydroxylation sites is 2. The highest BCUT2D eigenvalue weighted by Crippen LogP contribution is 2.33. The quantitative estimate of drug-likeness (QED) is 0.746. The van der Waals surface area contributed by atoms with Crippen LogP contribution in [0.25, 0.3) is 22.4 Å². The summed E-state index contributed by atoms with van der Waals surface area (Å²) in [6, 6.07) is 16.1. The lowest BCUT2D eigenvalue weighted by molar-refractivity contribution is -0.127. The number of aromatic nitrogens is 2. The lowest BCUT2D eigenvalue weighted by Gasteiger charge is -2.27. The molecule has 1 aromatic heterocycles. The van der Waals surface area contributed by atoms with Crippen LogP contribution >= 0.6 is 0 Å². The molecule has 1 aliphatic rings. The number of ketones is 1. The Morgan fingerprint density at radius 2 is 1.85 bits per heavy atom. The first-order valence-electron chi connectivity index (χ1n) is 9.49. The molecule has 0 spiro atoms. The van der Waals surface area contributed by atoms with Crippen LogP contribution in [0.2, 0.25) is 0 Å². The molecule has 27 heavy (non-hydrogen) atoms. The van der Waals surface area contributed by atoms with Crippen LogP contribution in [0.1, 0.15) is 31.7 Å². The van der Waals surface area contributed by atoms with Gasteiger partial charge in [-0.15, -0.1) is 0 Å². The summed E-state index contributed by atoms with van der Waals surface area (Å²) < 4.78 is 2.08. The Hall–Kier alpha value is -2.50. The van der Waals surface area contributed by atoms with E-state index >= 15 is 0 Å². The van der Waals surface area contributed by atoms with Gasteiger partial charge in [-0.3, -0.25) is 4.79 Å². The number of nitrogens with two attached hydrogens (primary N) is 2. The molecule has 5 heteroatoms. The number of nitrogens with zero attached hydrogens (tertiary/aromatic N) is 2. The Kier molecular flexibility index (Phi) is 4.36. The van der Waals surface area contributed by atoms with E-state index in [2.05, 4.69) is 10.6 Å². The Bertz CT molecular complexity index is 987. The van der Waals surface area contributed by atoms with Gasteiger partial charge in [-0.05, 0) is 43.9 Å². The van der Waals surface area contributed by atoms with Crippen LogP contribution in [0.3, 0.4) is 0 Å². The van der Waals surface area contributed by atoms with E-state index in [4.69, 9.17) is 16.5 Å². The molecule has 0 bridgehead atoms. The minimum Gasteiger partial charge on any atom is -0.328 e. The fraction of sp³-hybridized carbons (Fsp3) is 0.364. The van der Waals surface area contributed by atoms with E-state index in [9.17, 15) is 4.79 Å². The molecule has 5 nitrogen and oxygen atoms in total. The fourth-order valence-electron chi connectivity index (χ4n) is 4.19. The Morgan fingerprint density at radius 1 is 1.15 bits per heavy atom.